The molecule has 0 saturated heterocycles. The van der Waals surface area contributed by atoms with Crippen LogP contribution in [0.1, 0.15) is 22.6 Å². The molecule has 0 amide bonds. The third-order valence-corrected chi connectivity index (χ3v) is 6.97. The Morgan fingerprint density at radius 3 is 2.80 bits per heavy atom. The monoisotopic (exact) mass is 484 g/mol. The molecule has 0 saturated carbocycles. The van der Waals surface area contributed by atoms with E-state index in [0.717, 1.165) is 44.8 Å². The number of benzene rings is 2. The van der Waals surface area contributed by atoms with Crippen LogP contribution in [0, 0.1) is 6.92 Å². The number of H-pyrrole nitrogens is 2. The first-order valence-electron chi connectivity index (χ1n) is 11.4. The average Bonchev–Trinajstić information content (AvgIpc) is 3.45. The van der Waals surface area contributed by atoms with Crippen LogP contribution in [-0.4, -0.2) is 31.4 Å². The number of anilines is 1. The number of aromatic amines is 2. The van der Waals surface area contributed by atoms with Crippen LogP contribution >= 0.6 is 11.8 Å². The Bertz CT molecular complexity index is 1580. The zero-order valence-electron chi connectivity index (χ0n) is 19.2. The second-order valence-electron chi connectivity index (χ2n) is 8.81. The highest BCUT2D eigenvalue weighted by Gasteiger charge is 2.22. The summed E-state index contributed by atoms with van der Waals surface area (Å²) >= 11 is 1.47. The summed E-state index contributed by atoms with van der Waals surface area (Å²) < 4.78 is 6.06. The molecule has 0 atom stereocenters. The maximum absolute atomic E-state index is 12.8. The maximum atomic E-state index is 12.8. The van der Waals surface area contributed by atoms with E-state index in [0.29, 0.717) is 36.6 Å². The fourth-order valence-corrected chi connectivity index (χ4v) is 5.14. The molecule has 4 heterocycles. The normalized spacial score (nSPS) is 13.9. The third kappa shape index (κ3) is 4.48. The summed E-state index contributed by atoms with van der Waals surface area (Å²) in [6.45, 7) is 4.02. The van der Waals surface area contributed by atoms with Crippen molar-refractivity contribution in [2.75, 3.05) is 12.3 Å². The molecule has 1 aliphatic rings. The van der Waals surface area contributed by atoms with Gasteiger partial charge in [0.25, 0.3) is 5.56 Å². The van der Waals surface area contributed by atoms with Crippen LogP contribution in [-0.2, 0) is 19.5 Å². The van der Waals surface area contributed by atoms with Crippen molar-refractivity contribution in [1.82, 2.24) is 24.8 Å². The Balaban J connectivity index is 1.14. The van der Waals surface area contributed by atoms with Gasteiger partial charge in [0.15, 0.2) is 10.2 Å². The predicted octanol–water partition coefficient (Wildman–Crippen LogP) is 4.51. The molecule has 6 rings (SSSR count). The first-order valence-corrected chi connectivity index (χ1v) is 12.2. The molecule has 3 aromatic heterocycles. The van der Waals surface area contributed by atoms with Gasteiger partial charge in [-0.15, -0.1) is 0 Å². The van der Waals surface area contributed by atoms with E-state index in [-0.39, 0.29) is 5.56 Å². The molecule has 9 heteroatoms. The third-order valence-electron chi connectivity index (χ3n) is 6.16. The van der Waals surface area contributed by atoms with Crippen LogP contribution in [0.25, 0.3) is 22.4 Å². The molecule has 1 aliphatic heterocycles. The van der Waals surface area contributed by atoms with Crippen LogP contribution < -0.4 is 11.3 Å². The topological polar surface area (TPSA) is 117 Å². The number of hydrogen-bond donors (Lipinski definition) is 3. The highest BCUT2D eigenvalue weighted by molar-refractivity contribution is 7.99. The lowest BCUT2D eigenvalue weighted by Crippen LogP contribution is -2.35. The van der Waals surface area contributed by atoms with Gasteiger partial charge < -0.3 is 20.1 Å². The van der Waals surface area contributed by atoms with Crippen molar-refractivity contribution in [2.45, 2.75) is 36.7 Å². The zero-order chi connectivity index (χ0) is 23.9. The lowest BCUT2D eigenvalue weighted by molar-refractivity contribution is 0.217. The number of nitrogens with zero attached hydrogens (tertiary/aromatic N) is 3. The van der Waals surface area contributed by atoms with E-state index in [1.165, 1.54) is 17.3 Å². The molecule has 35 heavy (non-hydrogen) atoms. The predicted molar refractivity (Wildman–Crippen MR) is 136 cm³/mol. The van der Waals surface area contributed by atoms with Gasteiger partial charge in [-0.1, -0.05) is 6.07 Å². The number of nitrogens with one attached hydrogen (secondary N) is 2. The van der Waals surface area contributed by atoms with Gasteiger partial charge in [-0.05, 0) is 72.8 Å². The van der Waals surface area contributed by atoms with Crippen molar-refractivity contribution >= 4 is 28.5 Å². The number of furan rings is 1. The quantitative estimate of drug-likeness (QED) is 0.314. The molecule has 0 unspecified atom stereocenters. The van der Waals surface area contributed by atoms with Gasteiger partial charge in [-0.25, -0.2) is 9.97 Å². The molecule has 0 spiro atoms. The molecule has 0 aliphatic carbocycles. The Labute approximate surface area is 205 Å². The van der Waals surface area contributed by atoms with E-state index < -0.39 is 0 Å². The van der Waals surface area contributed by atoms with Crippen LogP contribution in [0.5, 0.6) is 0 Å². The summed E-state index contributed by atoms with van der Waals surface area (Å²) in [6, 6.07) is 17.5. The van der Waals surface area contributed by atoms with Gasteiger partial charge >= 0.3 is 0 Å². The summed E-state index contributed by atoms with van der Waals surface area (Å²) in [4.78, 5) is 30.7. The van der Waals surface area contributed by atoms with E-state index >= 15 is 0 Å². The number of rotatable bonds is 5. The minimum atomic E-state index is -0.0951. The lowest BCUT2D eigenvalue weighted by Gasteiger charge is -2.26. The Morgan fingerprint density at radius 1 is 1.09 bits per heavy atom. The van der Waals surface area contributed by atoms with Crippen LogP contribution in [0.3, 0.4) is 0 Å². The van der Waals surface area contributed by atoms with Gasteiger partial charge in [0, 0.05) is 30.8 Å². The van der Waals surface area contributed by atoms with Crippen molar-refractivity contribution < 1.29 is 4.42 Å². The second kappa shape index (κ2) is 8.75. The van der Waals surface area contributed by atoms with Crippen molar-refractivity contribution in [2.24, 2.45) is 0 Å². The lowest BCUT2D eigenvalue weighted by atomic mass is 10.1. The summed E-state index contributed by atoms with van der Waals surface area (Å²) in [5.41, 5.74) is 11.9. The molecule has 5 aromatic rings. The average molecular weight is 485 g/mol. The summed E-state index contributed by atoms with van der Waals surface area (Å²) in [7, 11) is 0. The van der Waals surface area contributed by atoms with E-state index in [9.17, 15) is 4.79 Å². The van der Waals surface area contributed by atoms with Crippen molar-refractivity contribution in [3.05, 3.63) is 87.5 Å². The largest absolute Gasteiger partial charge is 0.453 e. The molecule has 2 aromatic carbocycles. The number of aromatic nitrogens is 4. The number of imidazole rings is 1. The molecule has 176 valence electrons. The van der Waals surface area contributed by atoms with Crippen LogP contribution in [0.2, 0.25) is 0 Å². The van der Waals surface area contributed by atoms with Crippen molar-refractivity contribution in [3.8, 4) is 11.4 Å². The first kappa shape index (κ1) is 21.7. The fraction of sp³-hybridized carbons (Fsp3) is 0.192. The Morgan fingerprint density at radius 2 is 1.94 bits per heavy atom. The number of aryl methyl sites for hydroxylation is 1. The van der Waals surface area contributed by atoms with Gasteiger partial charge in [-0.3, -0.25) is 9.69 Å². The van der Waals surface area contributed by atoms with Crippen LogP contribution in [0.15, 0.2) is 74.1 Å². The van der Waals surface area contributed by atoms with Gasteiger partial charge in [0.2, 0.25) is 0 Å². The molecular weight excluding hydrogens is 460 g/mol. The molecule has 4 N–H and O–H groups in total. The highest BCUT2D eigenvalue weighted by atomic mass is 32.2. The molecule has 0 fully saturated rings. The van der Waals surface area contributed by atoms with E-state index in [2.05, 4.69) is 38.9 Å². The minimum absolute atomic E-state index is 0.0951. The minimum Gasteiger partial charge on any atom is -0.453 e. The van der Waals surface area contributed by atoms with Crippen molar-refractivity contribution in [3.63, 3.8) is 0 Å². The SMILES string of the molecule is Cc1ccc2nc(Sc3ccc(CN4CCc5nc(-c6ccc(N)cc6)[nH]c(=O)c5C4)o3)[nH]c2c1. The van der Waals surface area contributed by atoms with Gasteiger partial charge in [0.05, 0.1) is 28.8 Å². The summed E-state index contributed by atoms with van der Waals surface area (Å²) in [5, 5.41) is 1.58. The molecular formula is C26H24N6O2S. The first-order chi connectivity index (χ1) is 17.0. The van der Waals surface area contributed by atoms with E-state index in [1.54, 1.807) is 0 Å². The van der Waals surface area contributed by atoms with E-state index in [1.807, 2.05) is 42.5 Å². The number of hydrogen-bond acceptors (Lipinski definition) is 7. The smallest absolute Gasteiger partial charge is 0.255 e. The van der Waals surface area contributed by atoms with Gasteiger partial charge in [0.1, 0.15) is 11.6 Å². The Hall–Kier alpha value is -3.82. The molecule has 8 nitrogen and oxygen atoms in total. The summed E-state index contributed by atoms with van der Waals surface area (Å²) in [5.74, 6) is 1.43. The maximum Gasteiger partial charge on any atom is 0.255 e. The number of nitrogens with two attached hydrogens (primary N) is 1. The van der Waals surface area contributed by atoms with Crippen LogP contribution in [0.4, 0.5) is 5.69 Å². The van der Waals surface area contributed by atoms with E-state index in [4.69, 9.17) is 15.1 Å². The number of fused-ring (bicyclic) bond motifs is 2. The summed E-state index contributed by atoms with van der Waals surface area (Å²) in [6.07, 6.45) is 0.710. The molecule has 0 bridgehead atoms. The highest BCUT2D eigenvalue weighted by Crippen LogP contribution is 2.30. The van der Waals surface area contributed by atoms with Crippen molar-refractivity contribution in [1.29, 1.82) is 0 Å². The number of nitrogen functional groups attached to an aromatic ring is 1. The molecule has 0 radical (unpaired) electrons. The Kier molecular flexibility index (Phi) is 5.43. The fourth-order valence-electron chi connectivity index (χ4n) is 4.36. The second-order valence-corrected chi connectivity index (χ2v) is 9.80. The standard InChI is InChI=1S/C26H24N6O2S/c1-15-2-8-21-22(12-15)30-26(29-21)35-23-9-7-18(34-23)13-32-11-10-20-19(14-32)25(33)31-24(28-20)16-3-5-17(27)6-4-16/h2-9,12H,10-11,13-14,27H2,1H3,(H,29,30)(H,28,31,33). The van der Waals surface area contributed by atoms with Gasteiger partial charge in [-0.2, -0.15) is 0 Å². The zero-order valence-corrected chi connectivity index (χ0v) is 20.0.